The number of fused-ring (bicyclic) bond motifs is 1. The van der Waals surface area contributed by atoms with Gasteiger partial charge >= 0.3 is 6.03 Å². The van der Waals surface area contributed by atoms with E-state index in [4.69, 9.17) is 0 Å². The monoisotopic (exact) mass is 411 g/mol. The van der Waals surface area contributed by atoms with Gasteiger partial charge in [0.05, 0.1) is 18.3 Å². The molecule has 4 rings (SSSR count). The Balaban J connectivity index is 1.53. The fourth-order valence-corrected chi connectivity index (χ4v) is 3.89. The average molecular weight is 411 g/mol. The Labute approximate surface area is 173 Å². The fourth-order valence-electron chi connectivity index (χ4n) is 3.89. The van der Waals surface area contributed by atoms with Crippen LogP contribution in [0.5, 0.6) is 0 Å². The number of hydrogen-bond acceptors (Lipinski definition) is 5. The molecule has 2 N–H and O–H groups in total. The quantitative estimate of drug-likeness (QED) is 0.782. The van der Waals surface area contributed by atoms with E-state index in [2.05, 4.69) is 15.6 Å². The molecule has 2 aliphatic rings. The average Bonchev–Trinajstić information content (AvgIpc) is 2.76. The molecule has 0 saturated carbocycles. The summed E-state index contributed by atoms with van der Waals surface area (Å²) >= 11 is 0. The summed E-state index contributed by atoms with van der Waals surface area (Å²) in [6.45, 7) is 0.513. The largest absolute Gasteiger partial charge is 0.327 e. The highest BCUT2D eigenvalue weighted by molar-refractivity contribution is 6.02. The molecular formula is C21H22FN5O3. The molecule has 0 aliphatic carbocycles. The van der Waals surface area contributed by atoms with E-state index in [-0.39, 0.29) is 19.0 Å². The van der Waals surface area contributed by atoms with E-state index in [1.165, 1.54) is 29.2 Å². The molecule has 2 unspecified atom stereocenters. The number of anilines is 1. The Hall–Kier alpha value is -3.33. The van der Waals surface area contributed by atoms with Crippen LogP contribution in [-0.2, 0) is 16.1 Å². The van der Waals surface area contributed by atoms with Crippen molar-refractivity contribution in [2.75, 3.05) is 18.4 Å². The van der Waals surface area contributed by atoms with E-state index in [0.717, 1.165) is 11.3 Å². The highest BCUT2D eigenvalue weighted by atomic mass is 19.1. The number of imide groups is 1. The summed E-state index contributed by atoms with van der Waals surface area (Å²) in [6, 6.07) is 9.23. The lowest BCUT2D eigenvalue weighted by Crippen LogP contribution is -2.70. The van der Waals surface area contributed by atoms with Crippen molar-refractivity contribution in [1.82, 2.24) is 20.1 Å². The van der Waals surface area contributed by atoms with Gasteiger partial charge in [-0.05, 0) is 55.8 Å². The van der Waals surface area contributed by atoms with Crippen LogP contribution in [0.3, 0.4) is 0 Å². The molecule has 0 radical (unpaired) electrons. The van der Waals surface area contributed by atoms with Gasteiger partial charge in [0.1, 0.15) is 18.4 Å². The van der Waals surface area contributed by atoms with Gasteiger partial charge in [0.25, 0.3) is 0 Å². The van der Waals surface area contributed by atoms with Crippen LogP contribution in [0.1, 0.15) is 18.5 Å². The van der Waals surface area contributed by atoms with Gasteiger partial charge in [0.2, 0.25) is 11.8 Å². The molecule has 1 aromatic carbocycles. The molecule has 9 heteroatoms. The summed E-state index contributed by atoms with van der Waals surface area (Å²) < 4.78 is 13.1. The zero-order valence-electron chi connectivity index (χ0n) is 16.3. The predicted molar refractivity (Wildman–Crippen MR) is 107 cm³/mol. The van der Waals surface area contributed by atoms with Crippen LogP contribution in [-0.4, -0.2) is 57.8 Å². The van der Waals surface area contributed by atoms with Crippen molar-refractivity contribution in [3.05, 3.63) is 60.2 Å². The lowest BCUT2D eigenvalue weighted by atomic mass is 9.93. The van der Waals surface area contributed by atoms with Gasteiger partial charge in [0, 0.05) is 11.9 Å². The molecule has 4 amide bonds. The summed E-state index contributed by atoms with van der Waals surface area (Å²) in [5.74, 6) is -1.11. The molecule has 156 valence electrons. The highest BCUT2D eigenvalue weighted by Crippen LogP contribution is 2.25. The summed E-state index contributed by atoms with van der Waals surface area (Å²) in [7, 11) is 0. The molecule has 2 atom stereocenters. The van der Waals surface area contributed by atoms with Crippen molar-refractivity contribution < 1.29 is 18.8 Å². The molecular weight excluding hydrogens is 389 g/mol. The first-order valence-electron chi connectivity index (χ1n) is 9.83. The summed E-state index contributed by atoms with van der Waals surface area (Å²) in [5, 5.41) is 5.86. The minimum Gasteiger partial charge on any atom is -0.325 e. The number of benzene rings is 1. The fraction of sp³-hybridized carbons (Fsp3) is 0.333. The van der Waals surface area contributed by atoms with Crippen molar-refractivity contribution >= 4 is 23.5 Å². The van der Waals surface area contributed by atoms with Crippen LogP contribution < -0.4 is 10.6 Å². The lowest BCUT2D eigenvalue weighted by Gasteiger charge is -2.46. The van der Waals surface area contributed by atoms with Crippen molar-refractivity contribution in [3.63, 3.8) is 0 Å². The van der Waals surface area contributed by atoms with Gasteiger partial charge in [-0.15, -0.1) is 0 Å². The maximum atomic E-state index is 13.2. The summed E-state index contributed by atoms with van der Waals surface area (Å²) in [5.41, 5.74) is 1.02. The minimum absolute atomic E-state index is 0.0412. The number of pyridine rings is 1. The van der Waals surface area contributed by atoms with E-state index in [0.29, 0.717) is 24.3 Å². The number of piperidine rings is 1. The van der Waals surface area contributed by atoms with Gasteiger partial charge in [-0.1, -0.05) is 6.07 Å². The van der Waals surface area contributed by atoms with E-state index in [9.17, 15) is 18.8 Å². The minimum atomic E-state index is -0.557. The standard InChI is InChI=1S/C21H22FN5O3/c22-14-6-8-15(9-7-14)25-18(28)13-26-17-5-3-11-24-19(17)20(29)27(21(26)30)12-16-4-1-2-10-23-16/h1-2,4,6-10,17,19,24H,3,5,11-13H2,(H,25,28). The van der Waals surface area contributed by atoms with Crippen LogP contribution in [0.25, 0.3) is 0 Å². The van der Waals surface area contributed by atoms with Gasteiger partial charge in [-0.25, -0.2) is 9.18 Å². The third-order valence-corrected chi connectivity index (χ3v) is 5.32. The second-order valence-corrected chi connectivity index (χ2v) is 7.35. The first-order valence-corrected chi connectivity index (χ1v) is 9.83. The van der Waals surface area contributed by atoms with Crippen molar-refractivity contribution in [2.24, 2.45) is 0 Å². The van der Waals surface area contributed by atoms with E-state index < -0.39 is 29.8 Å². The van der Waals surface area contributed by atoms with Gasteiger partial charge in [-0.2, -0.15) is 0 Å². The number of carbonyl (C=O) groups is 3. The van der Waals surface area contributed by atoms with Gasteiger partial charge in [-0.3, -0.25) is 19.5 Å². The van der Waals surface area contributed by atoms with Crippen LogP contribution in [0.15, 0.2) is 48.7 Å². The zero-order valence-corrected chi connectivity index (χ0v) is 16.3. The molecule has 2 aliphatic heterocycles. The number of aromatic nitrogens is 1. The SMILES string of the molecule is O=C(CN1C(=O)N(Cc2ccccn2)C(=O)C2NCCCC21)Nc1ccc(F)cc1. The number of urea groups is 1. The van der Waals surface area contributed by atoms with Crippen molar-refractivity contribution in [2.45, 2.75) is 31.5 Å². The molecule has 8 nitrogen and oxygen atoms in total. The van der Waals surface area contributed by atoms with Gasteiger partial charge < -0.3 is 15.5 Å². The Morgan fingerprint density at radius 2 is 2.00 bits per heavy atom. The Kier molecular flexibility index (Phi) is 5.71. The maximum Gasteiger partial charge on any atom is 0.327 e. The molecule has 2 aromatic rings. The normalized spacial score (nSPS) is 21.4. The van der Waals surface area contributed by atoms with Crippen LogP contribution >= 0.6 is 0 Å². The van der Waals surface area contributed by atoms with Crippen molar-refractivity contribution in [3.8, 4) is 0 Å². The molecule has 3 heterocycles. The highest BCUT2D eigenvalue weighted by Gasteiger charge is 2.47. The number of nitrogens with zero attached hydrogens (tertiary/aromatic N) is 3. The number of carbonyl (C=O) groups excluding carboxylic acids is 3. The molecule has 0 spiro atoms. The Morgan fingerprint density at radius 3 is 2.73 bits per heavy atom. The first-order chi connectivity index (χ1) is 14.5. The number of halogens is 1. The van der Waals surface area contributed by atoms with Crippen molar-refractivity contribution in [1.29, 1.82) is 0 Å². The Bertz CT molecular complexity index is 937. The van der Waals surface area contributed by atoms with Crippen LogP contribution in [0.2, 0.25) is 0 Å². The number of nitrogens with one attached hydrogen (secondary N) is 2. The van der Waals surface area contributed by atoms with Crippen LogP contribution in [0, 0.1) is 5.82 Å². The number of amides is 4. The zero-order chi connectivity index (χ0) is 21.1. The molecule has 30 heavy (non-hydrogen) atoms. The Morgan fingerprint density at radius 1 is 1.20 bits per heavy atom. The van der Waals surface area contributed by atoms with E-state index >= 15 is 0 Å². The van der Waals surface area contributed by atoms with E-state index in [1.807, 2.05) is 0 Å². The molecule has 2 saturated heterocycles. The van der Waals surface area contributed by atoms with E-state index in [1.54, 1.807) is 24.4 Å². The van der Waals surface area contributed by atoms with Crippen LogP contribution in [0.4, 0.5) is 14.9 Å². The summed E-state index contributed by atoms with van der Waals surface area (Å²) in [4.78, 5) is 45.5. The molecule has 0 bridgehead atoms. The maximum absolute atomic E-state index is 13.2. The third-order valence-electron chi connectivity index (χ3n) is 5.32. The second kappa shape index (κ2) is 8.58. The predicted octanol–water partition coefficient (Wildman–Crippen LogP) is 1.74. The lowest BCUT2D eigenvalue weighted by molar-refractivity contribution is -0.138. The first kappa shape index (κ1) is 20.0. The molecule has 2 fully saturated rings. The smallest absolute Gasteiger partial charge is 0.325 e. The topological polar surface area (TPSA) is 94.6 Å². The molecule has 1 aromatic heterocycles. The second-order valence-electron chi connectivity index (χ2n) is 7.35. The number of rotatable bonds is 5. The van der Waals surface area contributed by atoms with Gasteiger partial charge in [0.15, 0.2) is 0 Å². The third kappa shape index (κ3) is 4.16. The summed E-state index contributed by atoms with van der Waals surface area (Å²) in [6.07, 6.45) is 3.04. The number of hydrogen-bond donors (Lipinski definition) is 2.